The third-order valence-electron chi connectivity index (χ3n) is 2.75. The standard InChI is InChI=1S/C13H13BrO2/c1-8(7-15)12-5-10-4-11(14)3-2-9(10)6-13(12)16/h2-6,8,15-16H,7H2,1H3. The molecule has 0 aliphatic rings. The Kier molecular flexibility index (Phi) is 3.17. The molecular weight excluding hydrogens is 268 g/mol. The molecule has 0 amide bonds. The van der Waals surface area contributed by atoms with E-state index in [1.165, 1.54) is 0 Å². The molecule has 16 heavy (non-hydrogen) atoms. The molecule has 0 radical (unpaired) electrons. The quantitative estimate of drug-likeness (QED) is 0.885. The molecule has 0 fully saturated rings. The third kappa shape index (κ3) is 2.06. The van der Waals surface area contributed by atoms with Crippen LogP contribution >= 0.6 is 15.9 Å². The van der Waals surface area contributed by atoms with Crippen molar-refractivity contribution < 1.29 is 10.2 Å². The van der Waals surface area contributed by atoms with Gasteiger partial charge in [0.15, 0.2) is 0 Å². The van der Waals surface area contributed by atoms with E-state index in [1.54, 1.807) is 6.07 Å². The maximum Gasteiger partial charge on any atom is 0.119 e. The number of aromatic hydroxyl groups is 1. The van der Waals surface area contributed by atoms with Gasteiger partial charge in [-0.3, -0.25) is 0 Å². The molecule has 84 valence electrons. The third-order valence-corrected chi connectivity index (χ3v) is 3.25. The van der Waals surface area contributed by atoms with Crippen LogP contribution in [0.25, 0.3) is 10.8 Å². The van der Waals surface area contributed by atoms with Gasteiger partial charge in [-0.1, -0.05) is 28.9 Å². The van der Waals surface area contributed by atoms with Crippen molar-refractivity contribution in [3.63, 3.8) is 0 Å². The first-order chi connectivity index (χ1) is 7.61. The summed E-state index contributed by atoms with van der Waals surface area (Å²) in [5, 5.41) is 21.0. The van der Waals surface area contributed by atoms with Crippen LogP contribution in [-0.2, 0) is 0 Å². The second-order valence-electron chi connectivity index (χ2n) is 3.99. The highest BCUT2D eigenvalue weighted by Crippen LogP contribution is 2.31. The molecular formula is C13H13BrO2. The highest BCUT2D eigenvalue weighted by Gasteiger charge is 2.10. The molecule has 1 unspecified atom stereocenters. The van der Waals surface area contributed by atoms with Gasteiger partial charge in [-0.15, -0.1) is 0 Å². The van der Waals surface area contributed by atoms with E-state index < -0.39 is 0 Å². The van der Waals surface area contributed by atoms with Crippen molar-refractivity contribution in [2.45, 2.75) is 12.8 Å². The van der Waals surface area contributed by atoms with E-state index in [0.29, 0.717) is 0 Å². The number of aliphatic hydroxyl groups excluding tert-OH is 1. The zero-order chi connectivity index (χ0) is 11.7. The molecule has 0 bridgehead atoms. The van der Waals surface area contributed by atoms with Crippen LogP contribution in [0.2, 0.25) is 0 Å². The van der Waals surface area contributed by atoms with Crippen LogP contribution in [0.3, 0.4) is 0 Å². The second kappa shape index (κ2) is 4.44. The predicted octanol–water partition coefficient (Wildman–Crippen LogP) is 3.40. The SMILES string of the molecule is CC(CO)c1cc2cc(Br)ccc2cc1O. The van der Waals surface area contributed by atoms with E-state index in [2.05, 4.69) is 15.9 Å². The molecule has 0 aliphatic heterocycles. The van der Waals surface area contributed by atoms with Crippen molar-refractivity contribution >= 4 is 26.7 Å². The Morgan fingerprint density at radius 3 is 2.62 bits per heavy atom. The Hall–Kier alpha value is -1.06. The monoisotopic (exact) mass is 280 g/mol. The molecule has 2 rings (SSSR count). The van der Waals surface area contributed by atoms with Gasteiger partial charge in [-0.05, 0) is 40.6 Å². The number of hydrogen-bond donors (Lipinski definition) is 2. The van der Waals surface area contributed by atoms with Gasteiger partial charge >= 0.3 is 0 Å². The van der Waals surface area contributed by atoms with Crippen molar-refractivity contribution in [1.82, 2.24) is 0 Å². The molecule has 0 saturated heterocycles. The van der Waals surface area contributed by atoms with Crippen LogP contribution in [0.4, 0.5) is 0 Å². The normalized spacial score (nSPS) is 12.9. The summed E-state index contributed by atoms with van der Waals surface area (Å²) < 4.78 is 1.01. The molecule has 0 saturated carbocycles. The minimum atomic E-state index is -0.0524. The molecule has 0 aromatic heterocycles. The van der Waals surface area contributed by atoms with Crippen LogP contribution in [0.5, 0.6) is 5.75 Å². The number of fused-ring (bicyclic) bond motifs is 1. The van der Waals surface area contributed by atoms with Gasteiger partial charge in [-0.25, -0.2) is 0 Å². The lowest BCUT2D eigenvalue weighted by Gasteiger charge is -2.12. The average molecular weight is 281 g/mol. The number of halogens is 1. The van der Waals surface area contributed by atoms with E-state index in [9.17, 15) is 5.11 Å². The summed E-state index contributed by atoms with van der Waals surface area (Å²) in [5.74, 6) is 0.194. The van der Waals surface area contributed by atoms with Crippen LogP contribution in [0.1, 0.15) is 18.4 Å². The topological polar surface area (TPSA) is 40.5 Å². The Labute approximate surface area is 103 Å². The van der Waals surface area contributed by atoms with Crippen LogP contribution in [0.15, 0.2) is 34.8 Å². The fraction of sp³-hybridized carbons (Fsp3) is 0.231. The van der Waals surface area contributed by atoms with Crippen molar-refractivity contribution in [3.8, 4) is 5.75 Å². The van der Waals surface area contributed by atoms with Gasteiger partial charge in [0.05, 0.1) is 0 Å². The lowest BCUT2D eigenvalue weighted by atomic mass is 9.97. The molecule has 0 aliphatic carbocycles. The van der Waals surface area contributed by atoms with Crippen molar-refractivity contribution in [2.24, 2.45) is 0 Å². The number of aliphatic hydroxyl groups is 1. The lowest BCUT2D eigenvalue weighted by molar-refractivity contribution is 0.270. The Morgan fingerprint density at radius 2 is 1.94 bits per heavy atom. The maximum absolute atomic E-state index is 9.86. The molecule has 0 spiro atoms. The fourth-order valence-electron chi connectivity index (χ4n) is 1.77. The summed E-state index contributed by atoms with van der Waals surface area (Å²) in [6, 6.07) is 9.56. The summed E-state index contributed by atoms with van der Waals surface area (Å²) in [7, 11) is 0. The first-order valence-electron chi connectivity index (χ1n) is 5.15. The molecule has 1 atom stereocenters. The lowest BCUT2D eigenvalue weighted by Crippen LogP contribution is -1.99. The average Bonchev–Trinajstić information content (AvgIpc) is 2.28. The molecule has 0 heterocycles. The van der Waals surface area contributed by atoms with Gasteiger partial charge in [-0.2, -0.15) is 0 Å². The zero-order valence-electron chi connectivity index (χ0n) is 8.94. The van der Waals surface area contributed by atoms with Crippen LogP contribution < -0.4 is 0 Å². The first-order valence-corrected chi connectivity index (χ1v) is 5.94. The molecule has 2 nitrogen and oxygen atoms in total. The number of phenolic OH excluding ortho intramolecular Hbond substituents is 1. The molecule has 2 N–H and O–H groups in total. The zero-order valence-corrected chi connectivity index (χ0v) is 10.5. The molecule has 2 aromatic rings. The number of phenols is 1. The van der Waals surface area contributed by atoms with E-state index in [0.717, 1.165) is 20.8 Å². The van der Waals surface area contributed by atoms with Crippen LogP contribution in [-0.4, -0.2) is 16.8 Å². The van der Waals surface area contributed by atoms with Crippen LogP contribution in [0, 0.1) is 0 Å². The number of rotatable bonds is 2. The summed E-state index contributed by atoms with van der Waals surface area (Å²) in [5.41, 5.74) is 0.785. The largest absolute Gasteiger partial charge is 0.508 e. The van der Waals surface area contributed by atoms with Crippen molar-refractivity contribution in [2.75, 3.05) is 6.61 Å². The second-order valence-corrected chi connectivity index (χ2v) is 4.90. The predicted molar refractivity (Wildman–Crippen MR) is 68.8 cm³/mol. The van der Waals surface area contributed by atoms with E-state index in [4.69, 9.17) is 5.11 Å². The summed E-state index contributed by atoms with van der Waals surface area (Å²) >= 11 is 3.42. The maximum atomic E-state index is 9.86. The minimum absolute atomic E-state index is 0.0348. The van der Waals surface area contributed by atoms with Gasteiger partial charge in [0.25, 0.3) is 0 Å². The Bertz CT molecular complexity index is 523. The number of hydrogen-bond acceptors (Lipinski definition) is 2. The summed E-state index contributed by atoms with van der Waals surface area (Å²) in [6.45, 7) is 1.92. The van der Waals surface area contributed by atoms with E-state index in [-0.39, 0.29) is 18.3 Å². The first kappa shape index (κ1) is 11.4. The molecule has 2 aromatic carbocycles. The van der Waals surface area contributed by atoms with Gasteiger partial charge in [0.1, 0.15) is 5.75 Å². The Balaban J connectivity index is 2.64. The Morgan fingerprint density at radius 1 is 1.19 bits per heavy atom. The summed E-state index contributed by atoms with van der Waals surface area (Å²) in [6.07, 6.45) is 0. The van der Waals surface area contributed by atoms with Gasteiger partial charge in [0, 0.05) is 17.0 Å². The highest BCUT2D eigenvalue weighted by molar-refractivity contribution is 9.10. The smallest absolute Gasteiger partial charge is 0.119 e. The van der Waals surface area contributed by atoms with Gasteiger partial charge < -0.3 is 10.2 Å². The van der Waals surface area contributed by atoms with Crippen molar-refractivity contribution in [1.29, 1.82) is 0 Å². The highest BCUT2D eigenvalue weighted by atomic mass is 79.9. The van der Waals surface area contributed by atoms with Crippen molar-refractivity contribution in [3.05, 3.63) is 40.4 Å². The molecule has 3 heteroatoms. The van der Waals surface area contributed by atoms with E-state index in [1.807, 2.05) is 31.2 Å². The van der Waals surface area contributed by atoms with E-state index >= 15 is 0 Å². The minimum Gasteiger partial charge on any atom is -0.508 e. The summed E-state index contributed by atoms with van der Waals surface area (Å²) in [4.78, 5) is 0. The number of benzene rings is 2. The fourth-order valence-corrected chi connectivity index (χ4v) is 2.15. The van der Waals surface area contributed by atoms with Gasteiger partial charge in [0.2, 0.25) is 0 Å².